The van der Waals surface area contributed by atoms with E-state index in [0.717, 1.165) is 4.70 Å². The molecule has 0 fully saturated rings. The summed E-state index contributed by atoms with van der Waals surface area (Å²) >= 11 is 1.22. The van der Waals surface area contributed by atoms with Gasteiger partial charge in [0.25, 0.3) is 5.91 Å². The maximum atomic E-state index is 13.5. The number of nitrogens with zero attached hydrogens (tertiary/aromatic N) is 1. The van der Waals surface area contributed by atoms with Gasteiger partial charge in [-0.15, -0.1) is 0 Å². The van der Waals surface area contributed by atoms with Gasteiger partial charge in [-0.25, -0.2) is 14.2 Å². The van der Waals surface area contributed by atoms with Gasteiger partial charge in [0, 0.05) is 5.56 Å². The number of anilines is 1. The zero-order valence-corrected chi connectivity index (χ0v) is 12.8. The zero-order chi connectivity index (χ0) is 16.6. The first-order valence-electron chi connectivity index (χ1n) is 6.65. The molecule has 0 saturated heterocycles. The normalized spacial score (nSPS) is 10.7. The Morgan fingerprint density at radius 2 is 1.91 bits per heavy atom. The number of rotatable bonds is 3. The van der Waals surface area contributed by atoms with E-state index in [0.29, 0.717) is 16.2 Å². The Bertz CT molecular complexity index is 936. The molecule has 0 aliphatic rings. The van der Waals surface area contributed by atoms with Crippen molar-refractivity contribution >= 4 is 38.6 Å². The first-order chi connectivity index (χ1) is 10.9. The molecule has 2 aromatic carbocycles. The number of carboxylic acid groups (broad SMARTS) is 1. The van der Waals surface area contributed by atoms with Gasteiger partial charge in [-0.1, -0.05) is 17.4 Å². The summed E-state index contributed by atoms with van der Waals surface area (Å²) in [6.45, 7) is 1.62. The minimum atomic E-state index is -1.04. The van der Waals surface area contributed by atoms with E-state index in [1.165, 1.54) is 41.7 Å². The van der Waals surface area contributed by atoms with Crippen LogP contribution in [0.25, 0.3) is 10.2 Å². The van der Waals surface area contributed by atoms with Gasteiger partial charge in [-0.2, -0.15) is 0 Å². The molecule has 0 spiro atoms. The zero-order valence-electron chi connectivity index (χ0n) is 12.0. The van der Waals surface area contributed by atoms with E-state index in [-0.39, 0.29) is 11.1 Å². The number of hydrogen-bond donors (Lipinski definition) is 2. The van der Waals surface area contributed by atoms with E-state index in [4.69, 9.17) is 5.11 Å². The maximum absolute atomic E-state index is 13.5. The molecular formula is C16H11FN2O3S. The number of nitrogens with one attached hydrogen (secondary N) is 1. The molecular weight excluding hydrogens is 319 g/mol. The van der Waals surface area contributed by atoms with Crippen molar-refractivity contribution in [1.82, 2.24) is 4.98 Å². The number of carbonyl (C=O) groups is 2. The topological polar surface area (TPSA) is 79.3 Å². The third kappa shape index (κ3) is 3.04. The number of aromatic carboxylic acids is 1. The molecule has 23 heavy (non-hydrogen) atoms. The van der Waals surface area contributed by atoms with Crippen LogP contribution in [0.15, 0.2) is 36.4 Å². The second-order valence-corrected chi connectivity index (χ2v) is 5.96. The van der Waals surface area contributed by atoms with Crippen LogP contribution >= 0.6 is 11.3 Å². The van der Waals surface area contributed by atoms with Crippen molar-refractivity contribution in [3.63, 3.8) is 0 Å². The summed E-state index contributed by atoms with van der Waals surface area (Å²) < 4.78 is 14.3. The van der Waals surface area contributed by atoms with Crippen LogP contribution in [0, 0.1) is 12.7 Å². The minimum absolute atomic E-state index is 0.126. The minimum Gasteiger partial charge on any atom is -0.478 e. The van der Waals surface area contributed by atoms with E-state index in [1.807, 2.05) is 0 Å². The summed E-state index contributed by atoms with van der Waals surface area (Å²) in [5.41, 5.74) is 1.27. The van der Waals surface area contributed by atoms with Crippen LogP contribution in [0.1, 0.15) is 26.3 Å². The predicted molar refractivity (Wildman–Crippen MR) is 85.7 cm³/mol. The molecule has 7 heteroatoms. The highest BCUT2D eigenvalue weighted by Crippen LogP contribution is 2.27. The van der Waals surface area contributed by atoms with E-state index in [9.17, 15) is 14.0 Å². The average molecular weight is 330 g/mol. The molecule has 0 aliphatic carbocycles. The highest BCUT2D eigenvalue weighted by molar-refractivity contribution is 7.22. The Hall–Kier alpha value is -2.80. The van der Waals surface area contributed by atoms with Gasteiger partial charge in [-0.3, -0.25) is 10.1 Å². The lowest BCUT2D eigenvalue weighted by atomic mass is 10.1. The first kappa shape index (κ1) is 15.1. The van der Waals surface area contributed by atoms with E-state index < -0.39 is 17.7 Å². The van der Waals surface area contributed by atoms with Crippen molar-refractivity contribution in [3.8, 4) is 0 Å². The number of fused-ring (bicyclic) bond motifs is 1. The van der Waals surface area contributed by atoms with Crippen molar-refractivity contribution in [2.45, 2.75) is 6.92 Å². The smallest absolute Gasteiger partial charge is 0.335 e. The number of halogens is 1. The maximum Gasteiger partial charge on any atom is 0.335 e. The van der Waals surface area contributed by atoms with E-state index in [1.54, 1.807) is 13.0 Å². The van der Waals surface area contributed by atoms with Crippen LogP contribution in [0.2, 0.25) is 0 Å². The van der Waals surface area contributed by atoms with Crippen LogP contribution in [-0.4, -0.2) is 22.0 Å². The molecule has 1 heterocycles. The largest absolute Gasteiger partial charge is 0.478 e. The first-order valence-corrected chi connectivity index (χ1v) is 7.47. The standard InChI is InChI=1S/C16H11FN2O3S/c1-8-2-3-9(6-11(8)17)14(20)19-16-18-12-7-10(15(21)22)4-5-13(12)23-16/h2-7H,1H3,(H,21,22)(H,18,19,20). The van der Waals surface area contributed by atoms with Crippen molar-refractivity contribution < 1.29 is 19.1 Å². The van der Waals surface area contributed by atoms with Crippen molar-refractivity contribution in [2.75, 3.05) is 5.32 Å². The van der Waals surface area contributed by atoms with Gasteiger partial charge < -0.3 is 5.11 Å². The molecule has 3 rings (SSSR count). The monoisotopic (exact) mass is 330 g/mol. The molecule has 0 bridgehead atoms. The summed E-state index contributed by atoms with van der Waals surface area (Å²) in [6, 6.07) is 8.78. The van der Waals surface area contributed by atoms with Crippen LogP contribution in [0.3, 0.4) is 0 Å². The van der Waals surface area contributed by atoms with Crippen LogP contribution in [0.5, 0.6) is 0 Å². The Morgan fingerprint density at radius 1 is 1.17 bits per heavy atom. The quantitative estimate of drug-likeness (QED) is 0.767. The van der Waals surface area contributed by atoms with Gasteiger partial charge in [0.1, 0.15) is 5.82 Å². The number of carbonyl (C=O) groups excluding carboxylic acids is 1. The Kier molecular flexibility index (Phi) is 3.79. The summed E-state index contributed by atoms with van der Waals surface area (Å²) in [5, 5.41) is 11.9. The number of hydrogen-bond acceptors (Lipinski definition) is 4. The molecule has 0 atom stereocenters. The van der Waals surface area contributed by atoms with Crippen LogP contribution in [0.4, 0.5) is 9.52 Å². The summed E-state index contributed by atoms with van der Waals surface area (Å²) in [6.07, 6.45) is 0. The summed E-state index contributed by atoms with van der Waals surface area (Å²) in [5.74, 6) is -1.96. The number of thiazole rings is 1. The Balaban J connectivity index is 1.87. The van der Waals surface area contributed by atoms with Gasteiger partial charge in [0.15, 0.2) is 5.13 Å². The van der Waals surface area contributed by atoms with E-state index in [2.05, 4.69) is 10.3 Å². The number of benzene rings is 2. The van der Waals surface area contributed by atoms with Gasteiger partial charge >= 0.3 is 5.97 Å². The van der Waals surface area contributed by atoms with Crippen molar-refractivity contribution in [2.24, 2.45) is 0 Å². The summed E-state index contributed by atoms with van der Waals surface area (Å²) in [4.78, 5) is 27.3. The molecule has 0 unspecified atom stereocenters. The second kappa shape index (κ2) is 5.77. The summed E-state index contributed by atoms with van der Waals surface area (Å²) in [7, 11) is 0. The van der Waals surface area contributed by atoms with Crippen LogP contribution in [-0.2, 0) is 0 Å². The highest BCUT2D eigenvalue weighted by Gasteiger charge is 2.12. The lowest BCUT2D eigenvalue weighted by Gasteiger charge is -2.03. The molecule has 0 saturated carbocycles. The van der Waals surface area contributed by atoms with Gasteiger partial charge in [-0.05, 0) is 42.8 Å². The third-order valence-corrected chi connectivity index (χ3v) is 4.24. The molecule has 1 amide bonds. The molecule has 3 aromatic rings. The van der Waals surface area contributed by atoms with Crippen molar-refractivity contribution in [1.29, 1.82) is 0 Å². The number of aryl methyl sites for hydroxylation is 1. The fraction of sp³-hybridized carbons (Fsp3) is 0.0625. The molecule has 2 N–H and O–H groups in total. The molecule has 0 aliphatic heterocycles. The lowest BCUT2D eigenvalue weighted by Crippen LogP contribution is -2.12. The fourth-order valence-electron chi connectivity index (χ4n) is 2.02. The van der Waals surface area contributed by atoms with Gasteiger partial charge in [0.05, 0.1) is 15.8 Å². The molecule has 116 valence electrons. The number of aromatic nitrogens is 1. The predicted octanol–water partition coefficient (Wildman–Crippen LogP) is 3.69. The molecule has 1 aromatic heterocycles. The number of carboxylic acids is 1. The Morgan fingerprint density at radius 3 is 2.61 bits per heavy atom. The van der Waals surface area contributed by atoms with Crippen LogP contribution < -0.4 is 5.32 Å². The fourth-order valence-corrected chi connectivity index (χ4v) is 2.86. The van der Waals surface area contributed by atoms with E-state index >= 15 is 0 Å². The second-order valence-electron chi connectivity index (χ2n) is 4.92. The van der Waals surface area contributed by atoms with Gasteiger partial charge in [0.2, 0.25) is 0 Å². The SMILES string of the molecule is Cc1ccc(C(=O)Nc2nc3cc(C(=O)O)ccc3s2)cc1F. The number of amides is 1. The Labute approximate surface area is 134 Å². The molecule has 0 radical (unpaired) electrons. The van der Waals surface area contributed by atoms with Crippen molar-refractivity contribution in [3.05, 3.63) is 58.9 Å². The average Bonchev–Trinajstić information content (AvgIpc) is 2.90. The third-order valence-electron chi connectivity index (χ3n) is 3.29. The molecule has 5 nitrogen and oxygen atoms in total. The highest BCUT2D eigenvalue weighted by atomic mass is 32.1. The lowest BCUT2D eigenvalue weighted by molar-refractivity contribution is 0.0696.